The van der Waals surface area contributed by atoms with E-state index in [1.54, 1.807) is 0 Å². The lowest BCUT2D eigenvalue weighted by Gasteiger charge is -2.07. The quantitative estimate of drug-likeness (QED) is 0.836. The third-order valence-corrected chi connectivity index (χ3v) is 4.79. The Bertz CT molecular complexity index is 446. The highest BCUT2D eigenvalue weighted by Crippen LogP contribution is 2.22. The van der Waals surface area contributed by atoms with E-state index in [1.165, 1.54) is 19.5 Å². The minimum atomic E-state index is -3.50. The molecular formula is C7H9NO4S2. The first kappa shape index (κ1) is 11.2. The SMILES string of the molecule is CN(C)S(=O)(=O)c1cc(C(=O)O)cs1. The van der Waals surface area contributed by atoms with Gasteiger partial charge in [-0.05, 0) is 6.07 Å². The molecule has 1 rings (SSSR count). The van der Waals surface area contributed by atoms with Crippen LogP contribution < -0.4 is 0 Å². The molecule has 1 N–H and O–H groups in total. The molecule has 0 spiro atoms. The van der Waals surface area contributed by atoms with Crippen molar-refractivity contribution in [2.24, 2.45) is 0 Å². The molecule has 0 bridgehead atoms. The van der Waals surface area contributed by atoms with Crippen LogP contribution in [0.4, 0.5) is 0 Å². The summed E-state index contributed by atoms with van der Waals surface area (Å²) in [6.45, 7) is 0. The average Bonchev–Trinajstić information content (AvgIpc) is 2.51. The summed E-state index contributed by atoms with van der Waals surface area (Å²) in [5, 5.41) is 9.91. The summed E-state index contributed by atoms with van der Waals surface area (Å²) >= 11 is 0.903. The normalized spacial score (nSPS) is 11.9. The monoisotopic (exact) mass is 235 g/mol. The van der Waals surface area contributed by atoms with Crippen molar-refractivity contribution >= 4 is 27.3 Å². The smallest absolute Gasteiger partial charge is 0.336 e. The number of carboxylic acid groups (broad SMARTS) is 1. The van der Waals surface area contributed by atoms with Crippen molar-refractivity contribution in [2.45, 2.75) is 4.21 Å². The average molecular weight is 235 g/mol. The van der Waals surface area contributed by atoms with Gasteiger partial charge >= 0.3 is 5.97 Å². The Morgan fingerprint density at radius 2 is 2.07 bits per heavy atom. The van der Waals surface area contributed by atoms with Crippen LogP contribution in [0.1, 0.15) is 10.4 Å². The number of thiophene rings is 1. The number of hydrogen-bond donors (Lipinski definition) is 1. The van der Waals surface area contributed by atoms with Gasteiger partial charge in [0.1, 0.15) is 4.21 Å². The van der Waals surface area contributed by atoms with Crippen LogP contribution in [0.5, 0.6) is 0 Å². The maximum absolute atomic E-state index is 11.5. The molecule has 0 unspecified atom stereocenters. The fourth-order valence-corrected chi connectivity index (χ4v) is 3.06. The van der Waals surface area contributed by atoms with Gasteiger partial charge in [-0.2, -0.15) is 0 Å². The van der Waals surface area contributed by atoms with Gasteiger partial charge in [0.15, 0.2) is 0 Å². The molecule has 7 heteroatoms. The summed E-state index contributed by atoms with van der Waals surface area (Å²) < 4.78 is 24.1. The van der Waals surface area contributed by atoms with E-state index >= 15 is 0 Å². The molecule has 1 aromatic rings. The first-order chi connectivity index (χ1) is 6.35. The summed E-state index contributed by atoms with van der Waals surface area (Å²) in [6, 6.07) is 1.16. The molecule has 0 saturated carbocycles. The Hall–Kier alpha value is -0.920. The highest BCUT2D eigenvalue weighted by atomic mass is 32.2. The highest BCUT2D eigenvalue weighted by molar-refractivity contribution is 7.91. The molecule has 0 fully saturated rings. The predicted octanol–water partition coefficient (Wildman–Crippen LogP) is 0.697. The number of rotatable bonds is 3. The van der Waals surface area contributed by atoms with E-state index in [0.717, 1.165) is 21.7 Å². The molecule has 1 heterocycles. The number of carboxylic acids is 1. The van der Waals surface area contributed by atoms with Crippen LogP contribution in [0.25, 0.3) is 0 Å². The van der Waals surface area contributed by atoms with Gasteiger partial charge in [-0.1, -0.05) is 0 Å². The molecule has 0 atom stereocenters. The molecule has 78 valence electrons. The summed E-state index contributed by atoms with van der Waals surface area (Å²) in [6.07, 6.45) is 0. The van der Waals surface area contributed by atoms with Crippen molar-refractivity contribution < 1.29 is 18.3 Å². The molecule has 14 heavy (non-hydrogen) atoms. The van der Waals surface area contributed by atoms with Gasteiger partial charge < -0.3 is 5.11 Å². The number of hydrogen-bond acceptors (Lipinski definition) is 4. The van der Waals surface area contributed by atoms with Crippen LogP contribution in [-0.4, -0.2) is 37.9 Å². The second-order valence-electron chi connectivity index (χ2n) is 2.75. The van der Waals surface area contributed by atoms with Gasteiger partial charge in [-0.15, -0.1) is 11.3 Å². The molecule has 0 aliphatic rings. The van der Waals surface area contributed by atoms with Crippen LogP contribution in [-0.2, 0) is 10.0 Å². The largest absolute Gasteiger partial charge is 0.478 e. The van der Waals surface area contributed by atoms with Gasteiger partial charge in [0.2, 0.25) is 0 Å². The molecule has 5 nitrogen and oxygen atoms in total. The van der Waals surface area contributed by atoms with Crippen LogP contribution in [0.3, 0.4) is 0 Å². The van der Waals surface area contributed by atoms with E-state index in [-0.39, 0.29) is 9.77 Å². The molecule has 0 aliphatic carbocycles. The summed E-state index contributed by atoms with van der Waals surface area (Å²) in [7, 11) is -0.704. The van der Waals surface area contributed by atoms with Gasteiger partial charge in [0, 0.05) is 19.5 Å². The Morgan fingerprint density at radius 1 is 1.50 bits per heavy atom. The summed E-state index contributed by atoms with van der Waals surface area (Å²) in [5.74, 6) is -1.12. The fraction of sp³-hybridized carbons (Fsp3) is 0.286. The third kappa shape index (κ3) is 1.94. The number of sulfonamides is 1. The van der Waals surface area contributed by atoms with E-state index in [0.29, 0.717) is 0 Å². The van der Waals surface area contributed by atoms with Gasteiger partial charge in [0.05, 0.1) is 5.56 Å². The topological polar surface area (TPSA) is 74.7 Å². The lowest BCUT2D eigenvalue weighted by atomic mass is 10.4. The Kier molecular flexibility index (Phi) is 2.93. The van der Waals surface area contributed by atoms with Crippen molar-refractivity contribution in [3.8, 4) is 0 Å². The maximum Gasteiger partial charge on any atom is 0.336 e. The van der Waals surface area contributed by atoms with Gasteiger partial charge in [-0.25, -0.2) is 17.5 Å². The highest BCUT2D eigenvalue weighted by Gasteiger charge is 2.20. The van der Waals surface area contributed by atoms with Crippen molar-refractivity contribution in [3.05, 3.63) is 17.0 Å². The van der Waals surface area contributed by atoms with Crippen LogP contribution in [0.2, 0.25) is 0 Å². The van der Waals surface area contributed by atoms with Gasteiger partial charge in [0.25, 0.3) is 10.0 Å². The zero-order valence-electron chi connectivity index (χ0n) is 7.59. The van der Waals surface area contributed by atoms with E-state index in [9.17, 15) is 13.2 Å². The first-order valence-corrected chi connectivity index (χ1v) is 5.92. The zero-order valence-corrected chi connectivity index (χ0v) is 9.22. The van der Waals surface area contributed by atoms with Crippen molar-refractivity contribution in [1.82, 2.24) is 4.31 Å². The zero-order chi connectivity index (χ0) is 10.9. The van der Waals surface area contributed by atoms with Crippen LogP contribution in [0, 0.1) is 0 Å². The number of aromatic carboxylic acids is 1. The number of carbonyl (C=O) groups is 1. The van der Waals surface area contributed by atoms with Crippen LogP contribution in [0.15, 0.2) is 15.7 Å². The molecule has 1 aromatic heterocycles. The lowest BCUT2D eigenvalue weighted by molar-refractivity contribution is 0.0697. The lowest BCUT2D eigenvalue weighted by Crippen LogP contribution is -2.21. The predicted molar refractivity (Wildman–Crippen MR) is 52.2 cm³/mol. The Balaban J connectivity index is 3.16. The second-order valence-corrected chi connectivity index (χ2v) is 6.04. The summed E-state index contributed by atoms with van der Waals surface area (Å²) in [4.78, 5) is 10.5. The maximum atomic E-state index is 11.5. The first-order valence-electron chi connectivity index (χ1n) is 3.60. The second kappa shape index (κ2) is 3.68. The van der Waals surface area contributed by atoms with Crippen molar-refractivity contribution in [3.63, 3.8) is 0 Å². The number of nitrogens with zero attached hydrogens (tertiary/aromatic N) is 1. The standard InChI is InChI=1S/C7H9NO4S2/c1-8(2)14(11,12)6-3-5(4-13-6)7(9)10/h3-4H,1-2H3,(H,9,10). The van der Waals surface area contributed by atoms with E-state index in [4.69, 9.17) is 5.11 Å². The summed E-state index contributed by atoms with van der Waals surface area (Å²) in [5.41, 5.74) is -0.00424. The minimum absolute atomic E-state index is 0.00424. The van der Waals surface area contributed by atoms with Crippen LogP contribution >= 0.6 is 11.3 Å². The Labute approximate surface area is 85.6 Å². The van der Waals surface area contributed by atoms with E-state index in [1.807, 2.05) is 0 Å². The van der Waals surface area contributed by atoms with Crippen molar-refractivity contribution in [1.29, 1.82) is 0 Å². The van der Waals surface area contributed by atoms with Gasteiger partial charge in [-0.3, -0.25) is 0 Å². The minimum Gasteiger partial charge on any atom is -0.478 e. The molecule has 0 saturated heterocycles. The molecule has 0 amide bonds. The molecule has 0 aliphatic heterocycles. The van der Waals surface area contributed by atoms with E-state index in [2.05, 4.69) is 0 Å². The third-order valence-electron chi connectivity index (χ3n) is 1.56. The molecule has 0 radical (unpaired) electrons. The fourth-order valence-electron chi connectivity index (χ4n) is 0.744. The van der Waals surface area contributed by atoms with Crippen molar-refractivity contribution in [2.75, 3.05) is 14.1 Å². The molecular weight excluding hydrogens is 226 g/mol. The van der Waals surface area contributed by atoms with E-state index < -0.39 is 16.0 Å². The Morgan fingerprint density at radius 3 is 2.43 bits per heavy atom. The molecule has 0 aromatic carbocycles.